The Labute approximate surface area is 143 Å². The number of aliphatic hydroxyl groups is 1. The van der Waals surface area contributed by atoms with Crippen LogP contribution >= 0.6 is 0 Å². The van der Waals surface area contributed by atoms with E-state index in [9.17, 15) is 5.11 Å². The lowest BCUT2D eigenvalue weighted by molar-refractivity contribution is 0.198. The third-order valence-electron chi connectivity index (χ3n) is 6.07. The standard InChI is InChI=1S/C21H26N2O/c22-21(14-24)8-5-20(13-21)19-4-3-17-11-16(1-2-18(17)12-19)15-6-9-23-10-7-15/h3-4,6-7,9-10,12,16,20,24H,1-2,5,8,11,13-14,22H2/t16?,20-,21+/m0/s1. The Bertz CT molecular complexity index is 715. The molecule has 24 heavy (non-hydrogen) atoms. The fraction of sp³-hybridized carbons (Fsp3) is 0.476. The van der Waals surface area contributed by atoms with Crippen molar-refractivity contribution in [3.63, 3.8) is 0 Å². The molecular weight excluding hydrogens is 296 g/mol. The van der Waals surface area contributed by atoms with Gasteiger partial charge in [0.05, 0.1) is 6.61 Å². The number of fused-ring (bicyclic) bond motifs is 1. The van der Waals surface area contributed by atoms with Crippen LogP contribution in [-0.2, 0) is 12.8 Å². The van der Waals surface area contributed by atoms with Crippen molar-refractivity contribution in [1.82, 2.24) is 4.98 Å². The van der Waals surface area contributed by atoms with Gasteiger partial charge in [-0.15, -0.1) is 0 Å². The molecule has 126 valence electrons. The Kier molecular flexibility index (Phi) is 4.15. The van der Waals surface area contributed by atoms with Crippen LogP contribution in [0.1, 0.15) is 59.8 Å². The van der Waals surface area contributed by atoms with Crippen LogP contribution < -0.4 is 5.73 Å². The lowest BCUT2D eigenvalue weighted by Gasteiger charge is -2.26. The fourth-order valence-corrected chi connectivity index (χ4v) is 4.53. The first-order valence-electron chi connectivity index (χ1n) is 9.08. The van der Waals surface area contributed by atoms with E-state index in [1.807, 2.05) is 12.4 Å². The fourth-order valence-electron chi connectivity index (χ4n) is 4.53. The normalized spacial score (nSPS) is 29.4. The predicted molar refractivity (Wildman–Crippen MR) is 96.0 cm³/mol. The number of nitrogens with zero attached hydrogens (tertiary/aromatic N) is 1. The van der Waals surface area contributed by atoms with Crippen molar-refractivity contribution in [2.75, 3.05) is 6.61 Å². The van der Waals surface area contributed by atoms with Crippen LogP contribution in [0.2, 0.25) is 0 Å². The highest BCUT2D eigenvalue weighted by molar-refractivity contribution is 5.38. The van der Waals surface area contributed by atoms with E-state index in [1.165, 1.54) is 28.7 Å². The summed E-state index contributed by atoms with van der Waals surface area (Å²) in [5, 5.41) is 9.49. The monoisotopic (exact) mass is 322 g/mol. The number of aryl methyl sites for hydroxylation is 1. The van der Waals surface area contributed by atoms with Crippen molar-refractivity contribution < 1.29 is 5.11 Å². The summed E-state index contributed by atoms with van der Waals surface area (Å²) in [5.74, 6) is 1.12. The number of hydrogen-bond donors (Lipinski definition) is 2. The minimum Gasteiger partial charge on any atom is -0.394 e. The van der Waals surface area contributed by atoms with Crippen molar-refractivity contribution >= 4 is 0 Å². The van der Waals surface area contributed by atoms with Crippen molar-refractivity contribution in [2.24, 2.45) is 5.73 Å². The van der Waals surface area contributed by atoms with Crippen LogP contribution in [0.25, 0.3) is 0 Å². The smallest absolute Gasteiger partial charge is 0.0611 e. The molecule has 0 radical (unpaired) electrons. The van der Waals surface area contributed by atoms with Crippen molar-refractivity contribution in [3.8, 4) is 0 Å². The van der Waals surface area contributed by atoms with Gasteiger partial charge in [-0.25, -0.2) is 0 Å². The molecule has 0 bridgehead atoms. The van der Waals surface area contributed by atoms with Crippen molar-refractivity contribution in [2.45, 2.75) is 55.9 Å². The second-order valence-electron chi connectivity index (χ2n) is 7.71. The molecule has 1 fully saturated rings. The molecule has 0 spiro atoms. The topological polar surface area (TPSA) is 59.1 Å². The number of benzene rings is 1. The van der Waals surface area contributed by atoms with Crippen LogP contribution in [-0.4, -0.2) is 22.2 Å². The molecule has 1 aromatic carbocycles. The molecule has 3 atom stereocenters. The van der Waals surface area contributed by atoms with Crippen LogP contribution in [0.5, 0.6) is 0 Å². The molecular formula is C21H26N2O. The molecule has 1 aromatic heterocycles. The molecule has 3 N–H and O–H groups in total. The predicted octanol–water partition coefficient (Wildman–Crippen LogP) is 3.31. The molecule has 3 nitrogen and oxygen atoms in total. The summed E-state index contributed by atoms with van der Waals surface area (Å²) in [4.78, 5) is 4.13. The second-order valence-corrected chi connectivity index (χ2v) is 7.71. The molecule has 1 heterocycles. The molecule has 2 aliphatic carbocycles. The number of aromatic nitrogens is 1. The van der Waals surface area contributed by atoms with E-state index in [0.29, 0.717) is 11.8 Å². The van der Waals surface area contributed by atoms with Gasteiger partial charge >= 0.3 is 0 Å². The minimum atomic E-state index is -0.368. The van der Waals surface area contributed by atoms with Gasteiger partial charge in [0, 0.05) is 17.9 Å². The van der Waals surface area contributed by atoms with Crippen molar-refractivity contribution in [1.29, 1.82) is 0 Å². The summed E-state index contributed by atoms with van der Waals surface area (Å²) in [7, 11) is 0. The zero-order chi connectivity index (χ0) is 16.6. The van der Waals surface area contributed by atoms with Gasteiger partial charge in [-0.2, -0.15) is 0 Å². The third-order valence-corrected chi connectivity index (χ3v) is 6.07. The summed E-state index contributed by atoms with van der Waals surface area (Å²) in [6.45, 7) is 0.0993. The van der Waals surface area contributed by atoms with Gasteiger partial charge in [0.1, 0.15) is 0 Å². The molecule has 1 unspecified atom stereocenters. The van der Waals surface area contributed by atoms with Crippen LogP contribution in [0.4, 0.5) is 0 Å². The number of rotatable bonds is 3. The number of aliphatic hydroxyl groups excluding tert-OH is 1. The molecule has 4 rings (SSSR count). The van der Waals surface area contributed by atoms with Gasteiger partial charge in [0.15, 0.2) is 0 Å². The third kappa shape index (κ3) is 2.99. The van der Waals surface area contributed by atoms with E-state index in [-0.39, 0.29) is 12.1 Å². The zero-order valence-electron chi connectivity index (χ0n) is 14.1. The largest absolute Gasteiger partial charge is 0.394 e. The van der Waals surface area contributed by atoms with E-state index in [1.54, 1.807) is 0 Å². The van der Waals surface area contributed by atoms with Gasteiger partial charge in [0.2, 0.25) is 0 Å². The van der Waals surface area contributed by atoms with Gasteiger partial charge < -0.3 is 10.8 Å². The second kappa shape index (κ2) is 6.30. The van der Waals surface area contributed by atoms with Crippen LogP contribution in [0.3, 0.4) is 0 Å². The number of pyridine rings is 1. The number of nitrogens with two attached hydrogens (primary N) is 1. The van der Waals surface area contributed by atoms with Gasteiger partial charge in [-0.05, 0) is 84.7 Å². The molecule has 0 amide bonds. The van der Waals surface area contributed by atoms with Gasteiger partial charge in [-0.1, -0.05) is 18.2 Å². The van der Waals surface area contributed by atoms with Crippen molar-refractivity contribution in [3.05, 3.63) is 65.0 Å². The first kappa shape index (κ1) is 15.8. The van der Waals surface area contributed by atoms with E-state index < -0.39 is 0 Å². The average molecular weight is 322 g/mol. The molecule has 2 aromatic rings. The first-order valence-corrected chi connectivity index (χ1v) is 9.08. The maximum Gasteiger partial charge on any atom is 0.0611 e. The highest BCUT2D eigenvalue weighted by Crippen LogP contribution is 2.41. The Balaban J connectivity index is 1.52. The lowest BCUT2D eigenvalue weighted by atomic mass is 9.79. The quantitative estimate of drug-likeness (QED) is 0.911. The van der Waals surface area contributed by atoms with Crippen LogP contribution in [0, 0.1) is 0 Å². The minimum absolute atomic E-state index is 0.0993. The Morgan fingerprint density at radius 2 is 1.88 bits per heavy atom. The Morgan fingerprint density at radius 3 is 2.62 bits per heavy atom. The van der Waals surface area contributed by atoms with E-state index in [2.05, 4.69) is 35.3 Å². The zero-order valence-corrected chi connectivity index (χ0v) is 14.1. The SMILES string of the molecule is N[C@]1(CO)CC[C@H](c2ccc3c(c2)CCC(c2ccncc2)C3)C1. The molecule has 0 saturated heterocycles. The maximum atomic E-state index is 9.49. The van der Waals surface area contributed by atoms with E-state index >= 15 is 0 Å². The Hall–Kier alpha value is -1.71. The highest BCUT2D eigenvalue weighted by Gasteiger charge is 2.36. The average Bonchev–Trinajstić information content (AvgIpc) is 3.04. The summed E-state index contributed by atoms with van der Waals surface area (Å²) in [6, 6.07) is 11.3. The van der Waals surface area contributed by atoms with E-state index in [4.69, 9.17) is 5.73 Å². The Morgan fingerprint density at radius 1 is 1.04 bits per heavy atom. The van der Waals surface area contributed by atoms with Crippen LogP contribution in [0.15, 0.2) is 42.7 Å². The van der Waals surface area contributed by atoms with Gasteiger partial charge in [-0.3, -0.25) is 4.98 Å². The highest BCUT2D eigenvalue weighted by atomic mass is 16.3. The number of hydrogen-bond acceptors (Lipinski definition) is 3. The summed E-state index contributed by atoms with van der Waals surface area (Å²) in [6.07, 6.45) is 10.2. The maximum absolute atomic E-state index is 9.49. The molecule has 0 aliphatic heterocycles. The van der Waals surface area contributed by atoms with E-state index in [0.717, 1.165) is 32.1 Å². The molecule has 2 aliphatic rings. The summed E-state index contributed by atoms with van der Waals surface area (Å²) >= 11 is 0. The molecule has 3 heteroatoms. The van der Waals surface area contributed by atoms with Gasteiger partial charge in [0.25, 0.3) is 0 Å². The molecule has 1 saturated carbocycles. The summed E-state index contributed by atoms with van der Waals surface area (Å²) < 4.78 is 0. The lowest BCUT2D eigenvalue weighted by Crippen LogP contribution is -2.40. The first-order chi connectivity index (χ1) is 11.7. The summed E-state index contributed by atoms with van der Waals surface area (Å²) in [5.41, 5.74) is 11.7.